The Balaban J connectivity index is 1.44. The molecule has 1 heteroatoms. The molecule has 0 spiro atoms. The molecule has 0 N–H and O–H groups in total. The second kappa shape index (κ2) is 6.95. The van der Waals surface area contributed by atoms with Crippen molar-refractivity contribution in [2.45, 2.75) is 19.3 Å². The van der Waals surface area contributed by atoms with E-state index in [9.17, 15) is 0 Å². The molecule has 0 bridgehead atoms. The Kier molecular flexibility index (Phi) is 3.96. The van der Waals surface area contributed by atoms with Gasteiger partial charge in [0.15, 0.2) is 0 Å². The number of fused-ring (bicyclic) bond motifs is 7. The van der Waals surface area contributed by atoms with Crippen molar-refractivity contribution in [3.8, 4) is 33.4 Å². The number of furan rings is 1. The van der Waals surface area contributed by atoms with Crippen LogP contribution in [0.4, 0.5) is 0 Å². The molecule has 5 aromatic carbocycles. The van der Waals surface area contributed by atoms with E-state index in [-0.39, 0.29) is 5.41 Å². The van der Waals surface area contributed by atoms with Crippen LogP contribution >= 0.6 is 0 Å². The van der Waals surface area contributed by atoms with Crippen LogP contribution in [0, 0.1) is 0 Å². The average molecular weight is 437 g/mol. The lowest BCUT2D eigenvalue weighted by molar-refractivity contribution is 0.653. The molecular weight excluding hydrogens is 412 g/mol. The molecule has 1 aliphatic carbocycles. The van der Waals surface area contributed by atoms with Gasteiger partial charge in [-0.2, -0.15) is 0 Å². The molecule has 0 fully saturated rings. The summed E-state index contributed by atoms with van der Waals surface area (Å²) in [6, 6.07) is 39.1. The maximum atomic E-state index is 6.75. The first-order chi connectivity index (χ1) is 16.6. The highest BCUT2D eigenvalue weighted by molar-refractivity contribution is 6.14. The first kappa shape index (κ1) is 19.4. The Morgan fingerprint density at radius 1 is 0.471 bits per heavy atom. The molecule has 0 unspecified atom stereocenters. The predicted molar refractivity (Wildman–Crippen MR) is 142 cm³/mol. The zero-order valence-electron chi connectivity index (χ0n) is 19.3. The summed E-state index contributed by atoms with van der Waals surface area (Å²) in [6.45, 7) is 4.62. The Morgan fingerprint density at radius 2 is 1.12 bits per heavy atom. The lowest BCUT2D eigenvalue weighted by Crippen LogP contribution is -2.14. The van der Waals surface area contributed by atoms with Gasteiger partial charge in [-0.05, 0) is 33.4 Å². The summed E-state index contributed by atoms with van der Waals surface area (Å²) in [5.41, 5.74) is 11.9. The van der Waals surface area contributed by atoms with Gasteiger partial charge in [0.1, 0.15) is 11.2 Å². The van der Waals surface area contributed by atoms with E-state index in [0.717, 1.165) is 16.7 Å². The minimum absolute atomic E-state index is 0.0325. The SMILES string of the molecule is CC1(C)c2ccccc2-c2c1ccc1c2oc2c(-c3ccc(-c4ccccc4)cc3)cccc21. The molecule has 0 atom stereocenters. The van der Waals surface area contributed by atoms with Gasteiger partial charge >= 0.3 is 0 Å². The Hall–Kier alpha value is -4.10. The van der Waals surface area contributed by atoms with Gasteiger partial charge in [0.05, 0.1) is 0 Å². The fourth-order valence-corrected chi connectivity index (χ4v) is 5.74. The number of hydrogen-bond donors (Lipinski definition) is 0. The fourth-order valence-electron chi connectivity index (χ4n) is 5.74. The highest BCUT2D eigenvalue weighted by Crippen LogP contribution is 2.52. The molecule has 1 nitrogen and oxygen atoms in total. The van der Waals surface area contributed by atoms with Crippen molar-refractivity contribution in [3.05, 3.63) is 120 Å². The third-order valence-corrected chi connectivity index (χ3v) is 7.51. The zero-order valence-corrected chi connectivity index (χ0v) is 19.3. The highest BCUT2D eigenvalue weighted by atomic mass is 16.3. The van der Waals surface area contributed by atoms with Gasteiger partial charge in [-0.1, -0.05) is 123 Å². The van der Waals surface area contributed by atoms with Gasteiger partial charge in [0.2, 0.25) is 0 Å². The minimum atomic E-state index is -0.0325. The van der Waals surface area contributed by atoms with E-state index in [2.05, 4.69) is 123 Å². The smallest absolute Gasteiger partial charge is 0.143 e. The number of benzene rings is 5. The molecule has 1 aromatic heterocycles. The molecule has 1 heterocycles. The monoisotopic (exact) mass is 436 g/mol. The average Bonchev–Trinajstić information content (AvgIpc) is 3.38. The van der Waals surface area contributed by atoms with Crippen LogP contribution < -0.4 is 0 Å². The van der Waals surface area contributed by atoms with E-state index in [1.54, 1.807) is 0 Å². The number of para-hydroxylation sites is 1. The summed E-state index contributed by atoms with van der Waals surface area (Å²) >= 11 is 0. The minimum Gasteiger partial charge on any atom is -0.455 e. The summed E-state index contributed by atoms with van der Waals surface area (Å²) < 4.78 is 6.75. The van der Waals surface area contributed by atoms with Crippen LogP contribution in [-0.2, 0) is 5.41 Å². The van der Waals surface area contributed by atoms with E-state index in [4.69, 9.17) is 4.42 Å². The quantitative estimate of drug-likeness (QED) is 0.264. The van der Waals surface area contributed by atoms with Gasteiger partial charge < -0.3 is 4.42 Å². The summed E-state index contributed by atoms with van der Waals surface area (Å²) in [5, 5.41) is 2.36. The van der Waals surface area contributed by atoms with E-state index >= 15 is 0 Å². The van der Waals surface area contributed by atoms with E-state index in [0.29, 0.717) is 0 Å². The topological polar surface area (TPSA) is 13.1 Å². The third kappa shape index (κ3) is 2.61. The number of hydrogen-bond acceptors (Lipinski definition) is 1. The highest BCUT2D eigenvalue weighted by Gasteiger charge is 2.37. The summed E-state index contributed by atoms with van der Waals surface area (Å²) in [5.74, 6) is 0. The van der Waals surface area contributed by atoms with Gasteiger partial charge in [-0.25, -0.2) is 0 Å². The maximum Gasteiger partial charge on any atom is 0.143 e. The standard InChI is InChI=1S/C33H24O/c1-33(2)28-14-7-6-11-27(28)30-29(33)20-19-26-25-13-8-12-24(31(25)34-32(26)30)23-17-15-22(16-18-23)21-9-4-3-5-10-21/h3-20H,1-2H3. The zero-order chi connectivity index (χ0) is 22.9. The second-order valence-electron chi connectivity index (χ2n) is 9.76. The second-order valence-corrected chi connectivity index (χ2v) is 9.76. The maximum absolute atomic E-state index is 6.75. The van der Waals surface area contributed by atoms with Gasteiger partial charge in [-0.15, -0.1) is 0 Å². The van der Waals surface area contributed by atoms with E-state index in [1.807, 2.05) is 0 Å². The molecule has 1 aliphatic rings. The van der Waals surface area contributed by atoms with Gasteiger partial charge in [-0.3, -0.25) is 0 Å². The van der Waals surface area contributed by atoms with Gasteiger partial charge in [0, 0.05) is 27.3 Å². The predicted octanol–water partition coefficient (Wildman–Crippen LogP) is 9.23. The van der Waals surface area contributed by atoms with Crippen molar-refractivity contribution in [1.82, 2.24) is 0 Å². The lowest BCUT2D eigenvalue weighted by atomic mass is 9.82. The molecule has 0 radical (unpaired) electrons. The van der Waals surface area contributed by atoms with Crippen molar-refractivity contribution in [1.29, 1.82) is 0 Å². The summed E-state index contributed by atoms with van der Waals surface area (Å²) in [6.07, 6.45) is 0. The van der Waals surface area contributed by atoms with Crippen LogP contribution in [0.2, 0.25) is 0 Å². The lowest BCUT2D eigenvalue weighted by Gasteiger charge is -2.21. The molecule has 6 aromatic rings. The Bertz CT molecular complexity index is 1700. The van der Waals surface area contributed by atoms with Crippen molar-refractivity contribution >= 4 is 21.9 Å². The van der Waals surface area contributed by atoms with Crippen LogP contribution in [-0.4, -0.2) is 0 Å². The van der Waals surface area contributed by atoms with E-state index in [1.165, 1.54) is 49.7 Å². The van der Waals surface area contributed by atoms with Crippen LogP contribution in [0.3, 0.4) is 0 Å². The van der Waals surface area contributed by atoms with Crippen molar-refractivity contribution < 1.29 is 4.42 Å². The van der Waals surface area contributed by atoms with Gasteiger partial charge in [0.25, 0.3) is 0 Å². The molecule has 0 saturated heterocycles. The Labute approximate surface area is 199 Å². The first-order valence-corrected chi connectivity index (χ1v) is 11.9. The van der Waals surface area contributed by atoms with Crippen LogP contribution in [0.25, 0.3) is 55.3 Å². The van der Waals surface area contributed by atoms with E-state index < -0.39 is 0 Å². The molecule has 0 saturated carbocycles. The largest absolute Gasteiger partial charge is 0.455 e. The van der Waals surface area contributed by atoms with Crippen molar-refractivity contribution in [2.24, 2.45) is 0 Å². The summed E-state index contributed by atoms with van der Waals surface area (Å²) in [4.78, 5) is 0. The molecule has 7 rings (SSSR count). The third-order valence-electron chi connectivity index (χ3n) is 7.51. The number of rotatable bonds is 2. The van der Waals surface area contributed by atoms with Crippen LogP contribution in [0.15, 0.2) is 114 Å². The molecule has 0 amide bonds. The summed E-state index contributed by atoms with van der Waals surface area (Å²) in [7, 11) is 0. The fraction of sp³-hybridized carbons (Fsp3) is 0.0909. The van der Waals surface area contributed by atoms with Crippen LogP contribution in [0.1, 0.15) is 25.0 Å². The van der Waals surface area contributed by atoms with Crippen molar-refractivity contribution in [3.63, 3.8) is 0 Å². The van der Waals surface area contributed by atoms with Crippen molar-refractivity contribution in [2.75, 3.05) is 0 Å². The molecule has 34 heavy (non-hydrogen) atoms. The Morgan fingerprint density at radius 3 is 1.94 bits per heavy atom. The molecule has 162 valence electrons. The van der Waals surface area contributed by atoms with Crippen LogP contribution in [0.5, 0.6) is 0 Å². The normalized spacial score (nSPS) is 13.8. The molecule has 0 aliphatic heterocycles. The first-order valence-electron chi connectivity index (χ1n) is 11.9. The molecular formula is C33H24O.